The van der Waals surface area contributed by atoms with Crippen molar-refractivity contribution in [1.29, 1.82) is 0 Å². The van der Waals surface area contributed by atoms with E-state index in [2.05, 4.69) is 31.8 Å². The molecule has 0 radical (unpaired) electrons. The molecule has 13 heavy (non-hydrogen) atoms. The van der Waals surface area contributed by atoms with E-state index in [0.717, 1.165) is 11.5 Å². The fraction of sp³-hybridized carbons (Fsp3) is 0.400. The maximum absolute atomic E-state index is 5.33. The lowest BCUT2D eigenvalue weighted by Gasteiger charge is -2.16. The minimum absolute atomic E-state index is 0.366. The second kappa shape index (κ2) is 2.77. The fourth-order valence-electron chi connectivity index (χ4n) is 1.36. The Labute approximate surface area is 79.5 Å². The summed E-state index contributed by atoms with van der Waals surface area (Å²) in [6, 6.07) is 6.28. The first-order valence-corrected chi connectivity index (χ1v) is 7.97. The van der Waals surface area contributed by atoms with Gasteiger partial charge >= 0.3 is 0 Å². The summed E-state index contributed by atoms with van der Waals surface area (Å²) in [5.41, 5.74) is 0. The minimum Gasteiger partial charge on any atom is -0.454 e. The van der Waals surface area contributed by atoms with Crippen molar-refractivity contribution in [2.45, 2.75) is 19.6 Å². The van der Waals surface area contributed by atoms with Crippen molar-refractivity contribution >= 4 is 13.3 Å². The Bertz CT molecular complexity index is 328. The van der Waals surface area contributed by atoms with E-state index in [1.165, 1.54) is 5.19 Å². The van der Waals surface area contributed by atoms with E-state index >= 15 is 0 Å². The van der Waals surface area contributed by atoms with Gasteiger partial charge in [0.1, 0.15) is 0 Å². The molecular formula is C10H14O2Si. The molecule has 0 saturated heterocycles. The van der Waals surface area contributed by atoms with Gasteiger partial charge in [0.2, 0.25) is 6.79 Å². The molecule has 70 valence electrons. The Balaban J connectivity index is 2.42. The molecule has 0 N–H and O–H groups in total. The fourth-order valence-corrected chi connectivity index (χ4v) is 2.51. The van der Waals surface area contributed by atoms with E-state index in [0.29, 0.717) is 6.79 Å². The molecule has 1 aromatic rings. The minimum atomic E-state index is -1.21. The van der Waals surface area contributed by atoms with Crippen molar-refractivity contribution in [1.82, 2.24) is 0 Å². The summed E-state index contributed by atoms with van der Waals surface area (Å²) in [4.78, 5) is 0. The van der Waals surface area contributed by atoms with Gasteiger partial charge in [-0.25, -0.2) is 0 Å². The molecule has 0 saturated carbocycles. The number of hydrogen-bond acceptors (Lipinski definition) is 2. The van der Waals surface area contributed by atoms with Crippen LogP contribution < -0.4 is 14.7 Å². The Morgan fingerprint density at radius 1 is 1.08 bits per heavy atom. The summed E-state index contributed by atoms with van der Waals surface area (Å²) in [5, 5.41) is 1.41. The zero-order chi connectivity index (χ0) is 9.47. The van der Waals surface area contributed by atoms with Crippen molar-refractivity contribution in [3.63, 3.8) is 0 Å². The predicted molar refractivity (Wildman–Crippen MR) is 55.5 cm³/mol. The van der Waals surface area contributed by atoms with E-state index in [1.54, 1.807) is 0 Å². The third-order valence-corrected chi connectivity index (χ3v) is 4.28. The quantitative estimate of drug-likeness (QED) is 0.636. The monoisotopic (exact) mass is 194 g/mol. The molecule has 0 bridgehead atoms. The molecule has 0 amide bonds. The molecule has 0 aliphatic carbocycles. The average Bonchev–Trinajstić information content (AvgIpc) is 2.47. The third-order valence-electron chi connectivity index (χ3n) is 2.24. The SMILES string of the molecule is C[Si](C)(C)c1ccc2c(c1)OCO2. The molecule has 2 rings (SSSR count). The van der Waals surface area contributed by atoms with Gasteiger partial charge in [-0.05, 0) is 12.1 Å². The molecule has 0 atom stereocenters. The zero-order valence-electron chi connectivity index (χ0n) is 8.26. The first-order chi connectivity index (χ1) is 6.07. The van der Waals surface area contributed by atoms with Crippen LogP contribution in [0, 0.1) is 0 Å². The first-order valence-electron chi connectivity index (χ1n) is 4.47. The largest absolute Gasteiger partial charge is 0.454 e. The lowest BCUT2D eigenvalue weighted by Crippen LogP contribution is -2.37. The van der Waals surface area contributed by atoms with Crippen molar-refractivity contribution in [2.24, 2.45) is 0 Å². The highest BCUT2D eigenvalue weighted by atomic mass is 28.3. The van der Waals surface area contributed by atoms with Gasteiger partial charge in [0.05, 0.1) is 8.07 Å². The summed E-state index contributed by atoms with van der Waals surface area (Å²) in [5.74, 6) is 1.78. The number of rotatable bonds is 1. The second-order valence-corrected chi connectivity index (χ2v) is 9.40. The Hall–Kier alpha value is -0.963. The van der Waals surface area contributed by atoms with Crippen LogP contribution in [-0.4, -0.2) is 14.9 Å². The van der Waals surface area contributed by atoms with E-state index in [1.807, 2.05) is 6.07 Å². The lowest BCUT2D eigenvalue weighted by molar-refractivity contribution is 0.174. The van der Waals surface area contributed by atoms with Crippen LogP contribution in [0.2, 0.25) is 19.6 Å². The van der Waals surface area contributed by atoms with Crippen molar-refractivity contribution in [2.75, 3.05) is 6.79 Å². The topological polar surface area (TPSA) is 18.5 Å². The van der Waals surface area contributed by atoms with Crippen LogP contribution in [0.1, 0.15) is 0 Å². The molecule has 0 unspecified atom stereocenters. The van der Waals surface area contributed by atoms with Crippen LogP contribution in [0.4, 0.5) is 0 Å². The number of fused-ring (bicyclic) bond motifs is 1. The van der Waals surface area contributed by atoms with Gasteiger partial charge in [-0.2, -0.15) is 0 Å². The zero-order valence-corrected chi connectivity index (χ0v) is 9.26. The molecular weight excluding hydrogens is 180 g/mol. The highest BCUT2D eigenvalue weighted by Gasteiger charge is 2.20. The molecule has 1 aromatic carbocycles. The lowest BCUT2D eigenvalue weighted by atomic mass is 10.3. The van der Waals surface area contributed by atoms with Gasteiger partial charge in [0.25, 0.3) is 0 Å². The van der Waals surface area contributed by atoms with Gasteiger partial charge in [-0.3, -0.25) is 0 Å². The third kappa shape index (κ3) is 1.56. The smallest absolute Gasteiger partial charge is 0.231 e. The predicted octanol–water partition coefficient (Wildman–Crippen LogP) is 1.96. The molecule has 1 aliphatic heterocycles. The van der Waals surface area contributed by atoms with Crippen molar-refractivity contribution in [3.05, 3.63) is 18.2 Å². The normalized spacial score (nSPS) is 14.7. The van der Waals surface area contributed by atoms with E-state index in [9.17, 15) is 0 Å². The highest BCUT2D eigenvalue weighted by molar-refractivity contribution is 6.88. The standard InChI is InChI=1S/C10H14O2Si/c1-13(2,3)8-4-5-9-10(6-8)12-7-11-9/h4-6H,7H2,1-3H3. The highest BCUT2D eigenvalue weighted by Crippen LogP contribution is 2.30. The van der Waals surface area contributed by atoms with Crippen molar-refractivity contribution in [3.8, 4) is 11.5 Å². The van der Waals surface area contributed by atoms with E-state index in [-0.39, 0.29) is 0 Å². The van der Waals surface area contributed by atoms with Crippen LogP contribution in [-0.2, 0) is 0 Å². The Morgan fingerprint density at radius 2 is 1.77 bits per heavy atom. The van der Waals surface area contributed by atoms with E-state index < -0.39 is 8.07 Å². The van der Waals surface area contributed by atoms with Gasteiger partial charge in [0, 0.05) is 0 Å². The van der Waals surface area contributed by atoms with Crippen LogP contribution in [0.3, 0.4) is 0 Å². The van der Waals surface area contributed by atoms with E-state index in [4.69, 9.17) is 9.47 Å². The van der Waals surface area contributed by atoms with Crippen LogP contribution in [0.15, 0.2) is 18.2 Å². The summed E-state index contributed by atoms with van der Waals surface area (Å²) < 4.78 is 10.6. The summed E-state index contributed by atoms with van der Waals surface area (Å²) in [6.07, 6.45) is 0. The molecule has 0 fully saturated rings. The average molecular weight is 194 g/mol. The number of benzene rings is 1. The van der Waals surface area contributed by atoms with Crippen molar-refractivity contribution < 1.29 is 9.47 Å². The molecule has 1 aliphatic rings. The molecule has 3 heteroatoms. The molecule has 0 spiro atoms. The van der Waals surface area contributed by atoms with Gasteiger partial charge in [-0.15, -0.1) is 0 Å². The Morgan fingerprint density at radius 3 is 2.46 bits per heavy atom. The summed E-state index contributed by atoms with van der Waals surface area (Å²) >= 11 is 0. The number of hydrogen-bond donors (Lipinski definition) is 0. The van der Waals surface area contributed by atoms with Gasteiger partial charge in [-0.1, -0.05) is 30.9 Å². The molecule has 2 nitrogen and oxygen atoms in total. The van der Waals surface area contributed by atoms with Gasteiger partial charge < -0.3 is 9.47 Å². The van der Waals surface area contributed by atoms with Gasteiger partial charge in [0.15, 0.2) is 11.5 Å². The van der Waals surface area contributed by atoms with Crippen LogP contribution >= 0.6 is 0 Å². The number of ether oxygens (including phenoxy) is 2. The second-order valence-electron chi connectivity index (χ2n) is 4.32. The molecule has 1 heterocycles. The summed E-state index contributed by atoms with van der Waals surface area (Å²) in [7, 11) is -1.21. The maximum atomic E-state index is 5.33. The molecule has 0 aromatic heterocycles. The Kier molecular flexibility index (Phi) is 1.84. The van der Waals surface area contributed by atoms with Crippen LogP contribution in [0.5, 0.6) is 11.5 Å². The summed E-state index contributed by atoms with van der Waals surface area (Å²) in [6.45, 7) is 7.34. The maximum Gasteiger partial charge on any atom is 0.231 e. The van der Waals surface area contributed by atoms with Crippen LogP contribution in [0.25, 0.3) is 0 Å². The first kappa shape index (κ1) is 8.63.